The molecule has 1 aliphatic heterocycles. The molecule has 116 valence electrons. The van der Waals surface area contributed by atoms with Crippen molar-refractivity contribution in [3.63, 3.8) is 0 Å². The van der Waals surface area contributed by atoms with Crippen molar-refractivity contribution < 1.29 is 18.0 Å². The number of benzene rings is 1. The van der Waals surface area contributed by atoms with Crippen molar-refractivity contribution in [2.75, 3.05) is 32.1 Å². The molecule has 0 N–H and O–H groups in total. The number of hydrogen-bond donors (Lipinski definition) is 0. The second kappa shape index (κ2) is 5.95. The molecule has 3 nitrogen and oxygen atoms in total. The lowest BCUT2D eigenvalue weighted by molar-refractivity contribution is -0.184. The Morgan fingerprint density at radius 2 is 2.05 bits per heavy atom. The highest BCUT2D eigenvalue weighted by Gasteiger charge is 2.42. The van der Waals surface area contributed by atoms with Crippen LogP contribution >= 0.6 is 0 Å². The van der Waals surface area contributed by atoms with E-state index >= 15 is 0 Å². The van der Waals surface area contributed by atoms with E-state index in [9.17, 15) is 18.0 Å². The molecule has 1 heterocycles. The van der Waals surface area contributed by atoms with E-state index in [1.807, 2.05) is 25.1 Å². The number of nitrogens with zero attached hydrogens (tertiary/aromatic N) is 2. The van der Waals surface area contributed by atoms with E-state index < -0.39 is 12.1 Å². The largest absolute Gasteiger partial charge is 0.393 e. The summed E-state index contributed by atoms with van der Waals surface area (Å²) in [6.45, 7) is 0.145. The molecule has 21 heavy (non-hydrogen) atoms. The van der Waals surface area contributed by atoms with Crippen molar-refractivity contribution in [3.8, 4) is 0 Å². The van der Waals surface area contributed by atoms with Crippen molar-refractivity contribution in [1.82, 2.24) is 4.90 Å². The number of halogens is 3. The lowest BCUT2D eigenvalue weighted by Gasteiger charge is -2.33. The minimum Gasteiger partial charge on any atom is -0.378 e. The monoisotopic (exact) mass is 300 g/mol. The van der Waals surface area contributed by atoms with Crippen LogP contribution in [0.3, 0.4) is 0 Å². The van der Waals surface area contributed by atoms with Crippen LogP contribution < -0.4 is 4.90 Å². The summed E-state index contributed by atoms with van der Waals surface area (Å²) in [5.41, 5.74) is 1.29. The first-order valence-electron chi connectivity index (χ1n) is 6.92. The van der Waals surface area contributed by atoms with Crippen LogP contribution in [-0.4, -0.2) is 44.2 Å². The highest BCUT2D eigenvalue weighted by Crippen LogP contribution is 2.33. The van der Waals surface area contributed by atoms with Gasteiger partial charge in [-0.1, -0.05) is 6.07 Å². The second-order valence-corrected chi connectivity index (χ2v) is 5.58. The Morgan fingerprint density at radius 3 is 2.67 bits per heavy atom. The Labute approximate surface area is 122 Å². The summed E-state index contributed by atoms with van der Waals surface area (Å²) in [7, 11) is 3.70. The zero-order valence-corrected chi connectivity index (χ0v) is 12.2. The predicted octanol–water partition coefficient (Wildman–Crippen LogP) is 3.17. The lowest BCUT2D eigenvalue weighted by Crippen LogP contribution is -2.44. The van der Waals surface area contributed by atoms with Crippen molar-refractivity contribution in [3.05, 3.63) is 29.8 Å². The van der Waals surface area contributed by atoms with Gasteiger partial charge in [0.15, 0.2) is 0 Å². The molecule has 1 fully saturated rings. The summed E-state index contributed by atoms with van der Waals surface area (Å²) < 4.78 is 38.4. The van der Waals surface area contributed by atoms with Gasteiger partial charge in [0.05, 0.1) is 5.92 Å². The van der Waals surface area contributed by atoms with E-state index in [-0.39, 0.29) is 18.9 Å². The van der Waals surface area contributed by atoms with Gasteiger partial charge in [0.25, 0.3) is 5.91 Å². The average Bonchev–Trinajstić information content (AvgIpc) is 2.46. The van der Waals surface area contributed by atoms with Gasteiger partial charge in [0, 0.05) is 38.4 Å². The molecule has 6 heteroatoms. The highest BCUT2D eigenvalue weighted by molar-refractivity contribution is 5.95. The van der Waals surface area contributed by atoms with E-state index in [0.717, 1.165) is 5.69 Å². The summed E-state index contributed by atoms with van der Waals surface area (Å²) in [4.78, 5) is 15.6. The Balaban J connectivity index is 2.14. The second-order valence-electron chi connectivity index (χ2n) is 5.58. The molecule has 0 radical (unpaired) electrons. The summed E-state index contributed by atoms with van der Waals surface area (Å²) >= 11 is 0. The molecule has 2 rings (SSSR count). The normalized spacial score (nSPS) is 19.5. The highest BCUT2D eigenvalue weighted by atomic mass is 19.4. The minimum absolute atomic E-state index is 0.102. The first kappa shape index (κ1) is 15.7. The number of anilines is 1. The van der Waals surface area contributed by atoms with Gasteiger partial charge in [-0.3, -0.25) is 4.79 Å². The van der Waals surface area contributed by atoms with Crippen LogP contribution in [0.4, 0.5) is 18.9 Å². The van der Waals surface area contributed by atoms with Crippen LogP contribution in [0.2, 0.25) is 0 Å². The van der Waals surface area contributed by atoms with Crippen LogP contribution in [0, 0.1) is 5.92 Å². The number of carbonyl (C=O) groups excluding carboxylic acids is 1. The van der Waals surface area contributed by atoms with Gasteiger partial charge >= 0.3 is 6.18 Å². The first-order valence-corrected chi connectivity index (χ1v) is 6.92. The van der Waals surface area contributed by atoms with E-state index in [4.69, 9.17) is 0 Å². The third kappa shape index (κ3) is 3.68. The maximum atomic E-state index is 12.8. The molecular weight excluding hydrogens is 281 g/mol. The lowest BCUT2D eigenvalue weighted by atomic mass is 9.97. The van der Waals surface area contributed by atoms with Crippen LogP contribution in [-0.2, 0) is 0 Å². The number of rotatable bonds is 2. The number of carbonyl (C=O) groups is 1. The average molecular weight is 300 g/mol. The molecule has 0 saturated carbocycles. The molecule has 0 unspecified atom stereocenters. The van der Waals surface area contributed by atoms with Gasteiger partial charge in [-0.25, -0.2) is 0 Å². The summed E-state index contributed by atoms with van der Waals surface area (Å²) in [5.74, 6) is -1.74. The minimum atomic E-state index is -4.23. The van der Waals surface area contributed by atoms with Gasteiger partial charge < -0.3 is 9.80 Å². The van der Waals surface area contributed by atoms with Crippen LogP contribution in [0.1, 0.15) is 23.2 Å². The number of piperidine rings is 1. The number of likely N-dealkylation sites (tertiary alicyclic amines) is 1. The smallest absolute Gasteiger partial charge is 0.378 e. The molecular formula is C15H19F3N2O. The molecule has 1 saturated heterocycles. The Kier molecular flexibility index (Phi) is 4.44. The Bertz CT molecular complexity index is 514. The Hall–Kier alpha value is -1.72. The Morgan fingerprint density at radius 1 is 1.33 bits per heavy atom. The molecule has 1 aromatic carbocycles. The third-order valence-corrected chi connectivity index (χ3v) is 3.78. The SMILES string of the molecule is CN(C)c1cccc(C(=O)N2CCC[C@H](C(F)(F)F)C2)c1. The summed E-state index contributed by atoms with van der Waals surface area (Å²) in [6, 6.07) is 6.95. The fourth-order valence-corrected chi connectivity index (χ4v) is 2.53. The van der Waals surface area contributed by atoms with Crippen LogP contribution in [0.5, 0.6) is 0 Å². The van der Waals surface area contributed by atoms with Gasteiger partial charge in [-0.2, -0.15) is 13.2 Å². The molecule has 0 aromatic heterocycles. The molecule has 0 spiro atoms. The van der Waals surface area contributed by atoms with Crippen LogP contribution in [0.25, 0.3) is 0 Å². The molecule has 0 aliphatic carbocycles. The summed E-state index contributed by atoms with van der Waals surface area (Å²) in [6.07, 6.45) is -3.74. The topological polar surface area (TPSA) is 23.6 Å². The zero-order chi connectivity index (χ0) is 15.6. The van der Waals surface area contributed by atoms with Gasteiger partial charge in [-0.15, -0.1) is 0 Å². The number of amides is 1. The van der Waals surface area contributed by atoms with Crippen molar-refractivity contribution in [2.24, 2.45) is 5.92 Å². The maximum Gasteiger partial charge on any atom is 0.393 e. The fourth-order valence-electron chi connectivity index (χ4n) is 2.53. The van der Waals surface area contributed by atoms with Crippen molar-refractivity contribution >= 4 is 11.6 Å². The van der Waals surface area contributed by atoms with Crippen molar-refractivity contribution in [1.29, 1.82) is 0 Å². The summed E-state index contributed by atoms with van der Waals surface area (Å²) in [5, 5.41) is 0. The quantitative estimate of drug-likeness (QED) is 0.837. The zero-order valence-electron chi connectivity index (χ0n) is 12.2. The molecule has 0 bridgehead atoms. The van der Waals surface area contributed by atoms with E-state index in [0.29, 0.717) is 18.5 Å². The number of hydrogen-bond acceptors (Lipinski definition) is 2. The van der Waals surface area contributed by atoms with E-state index in [2.05, 4.69) is 0 Å². The van der Waals surface area contributed by atoms with E-state index in [1.165, 1.54) is 4.90 Å². The predicted molar refractivity (Wildman–Crippen MR) is 75.5 cm³/mol. The van der Waals surface area contributed by atoms with E-state index in [1.54, 1.807) is 18.2 Å². The number of alkyl halides is 3. The standard InChI is InChI=1S/C15H19F3N2O/c1-19(2)13-7-3-5-11(9-13)14(21)20-8-4-6-12(10-20)15(16,17)18/h3,5,7,9,12H,4,6,8,10H2,1-2H3/t12-/m0/s1. The molecule has 1 aliphatic rings. The van der Waals surface area contributed by atoms with Crippen molar-refractivity contribution in [2.45, 2.75) is 19.0 Å². The molecule has 1 amide bonds. The maximum absolute atomic E-state index is 12.8. The molecule has 1 atom stereocenters. The van der Waals surface area contributed by atoms with Gasteiger partial charge in [-0.05, 0) is 31.0 Å². The van der Waals surface area contributed by atoms with Gasteiger partial charge in [0.2, 0.25) is 0 Å². The van der Waals surface area contributed by atoms with Crippen LogP contribution in [0.15, 0.2) is 24.3 Å². The first-order chi connectivity index (χ1) is 9.79. The third-order valence-electron chi connectivity index (χ3n) is 3.78. The van der Waals surface area contributed by atoms with Gasteiger partial charge in [0.1, 0.15) is 0 Å². The fraction of sp³-hybridized carbons (Fsp3) is 0.533. The molecule has 1 aromatic rings.